The van der Waals surface area contributed by atoms with E-state index in [1.165, 1.54) is 22.6 Å². The number of halogens is 1. The van der Waals surface area contributed by atoms with Gasteiger partial charge in [0.1, 0.15) is 6.04 Å². The smallest absolute Gasteiger partial charge is 0.279 e. The van der Waals surface area contributed by atoms with E-state index in [4.69, 9.17) is 11.6 Å². The van der Waals surface area contributed by atoms with Crippen LogP contribution < -0.4 is 10.2 Å². The van der Waals surface area contributed by atoms with E-state index < -0.39 is 0 Å². The van der Waals surface area contributed by atoms with Crippen LogP contribution in [0.2, 0.25) is 5.02 Å². The van der Waals surface area contributed by atoms with E-state index in [0.717, 1.165) is 12.2 Å². The lowest BCUT2D eigenvalue weighted by Gasteiger charge is -2.20. The molecule has 0 spiro atoms. The van der Waals surface area contributed by atoms with Gasteiger partial charge in [0.05, 0.1) is 11.4 Å². The zero-order valence-corrected chi connectivity index (χ0v) is 13.2. The van der Waals surface area contributed by atoms with Gasteiger partial charge in [0, 0.05) is 23.6 Å². The first-order valence-electron chi connectivity index (χ1n) is 7.16. The van der Waals surface area contributed by atoms with Crippen LogP contribution in [0.15, 0.2) is 41.8 Å². The highest BCUT2D eigenvalue weighted by atomic mass is 35.5. The van der Waals surface area contributed by atoms with Gasteiger partial charge >= 0.3 is 0 Å². The molecule has 2 atom stereocenters. The fourth-order valence-electron chi connectivity index (χ4n) is 2.90. The molecule has 0 bridgehead atoms. The topological polar surface area (TPSA) is 33.5 Å². The second kappa shape index (κ2) is 6.60. The molecule has 2 heterocycles. The van der Waals surface area contributed by atoms with E-state index in [-0.39, 0.29) is 5.91 Å². The van der Waals surface area contributed by atoms with E-state index in [1.54, 1.807) is 23.5 Å². The minimum Gasteiger partial charge on any atom is -0.321 e. The predicted molar refractivity (Wildman–Crippen MR) is 87.1 cm³/mol. The van der Waals surface area contributed by atoms with Crippen LogP contribution in [0.4, 0.5) is 5.69 Å². The van der Waals surface area contributed by atoms with Crippen molar-refractivity contribution in [1.29, 1.82) is 0 Å². The monoisotopic (exact) mass is 321 g/mol. The van der Waals surface area contributed by atoms with Gasteiger partial charge in [-0.2, -0.15) is 0 Å². The number of hydrogen-bond acceptors (Lipinski definition) is 2. The first-order chi connectivity index (χ1) is 10.2. The summed E-state index contributed by atoms with van der Waals surface area (Å²) in [6, 6.07) is 12.0. The number of quaternary nitrogens is 1. The van der Waals surface area contributed by atoms with E-state index in [1.807, 2.05) is 12.1 Å². The number of nitrogens with one attached hydrogen (secondary N) is 2. The molecule has 5 heteroatoms. The van der Waals surface area contributed by atoms with E-state index in [2.05, 4.69) is 22.8 Å². The molecule has 0 radical (unpaired) electrons. The zero-order chi connectivity index (χ0) is 14.7. The highest BCUT2D eigenvalue weighted by Crippen LogP contribution is 2.23. The fraction of sp³-hybridized carbons (Fsp3) is 0.312. The Labute approximate surface area is 133 Å². The molecule has 21 heavy (non-hydrogen) atoms. The van der Waals surface area contributed by atoms with Gasteiger partial charge in [-0.3, -0.25) is 4.79 Å². The van der Waals surface area contributed by atoms with Crippen molar-refractivity contribution >= 4 is 34.5 Å². The van der Waals surface area contributed by atoms with Crippen LogP contribution in [0.25, 0.3) is 0 Å². The van der Waals surface area contributed by atoms with Crippen LogP contribution in [0.1, 0.15) is 23.8 Å². The molecule has 2 N–H and O–H groups in total. The summed E-state index contributed by atoms with van der Waals surface area (Å²) < 4.78 is 0. The molecular weight excluding hydrogens is 304 g/mol. The molecule has 1 amide bonds. The summed E-state index contributed by atoms with van der Waals surface area (Å²) in [5.74, 6) is 0.0655. The van der Waals surface area contributed by atoms with Crippen LogP contribution in [0, 0.1) is 0 Å². The van der Waals surface area contributed by atoms with Crippen LogP contribution in [-0.4, -0.2) is 19.0 Å². The molecule has 0 saturated carbocycles. The minimum atomic E-state index is 0.0655. The van der Waals surface area contributed by atoms with Crippen molar-refractivity contribution in [1.82, 2.24) is 0 Å². The third kappa shape index (κ3) is 3.64. The highest BCUT2D eigenvalue weighted by molar-refractivity contribution is 7.10. The van der Waals surface area contributed by atoms with E-state index >= 15 is 0 Å². The normalized spacial score (nSPS) is 21.4. The lowest BCUT2D eigenvalue weighted by Crippen LogP contribution is -3.11. The Morgan fingerprint density at radius 1 is 1.33 bits per heavy atom. The number of benzene rings is 1. The highest BCUT2D eigenvalue weighted by Gasteiger charge is 2.32. The first kappa shape index (κ1) is 14.6. The van der Waals surface area contributed by atoms with Gasteiger partial charge < -0.3 is 10.2 Å². The van der Waals surface area contributed by atoms with Crippen LogP contribution in [0.3, 0.4) is 0 Å². The molecule has 1 aromatic carbocycles. The standard InChI is InChI=1S/C16H17ClN2OS/c17-12-5-7-13(8-6-12)18-16(20)11-19-9-1-3-14(19)15-4-2-10-21-15/h2,4-8,10,14H,1,3,9,11H2,(H,18,20)/p+1/t14-/m1/s1. The van der Waals surface area contributed by atoms with Crippen molar-refractivity contribution in [2.45, 2.75) is 18.9 Å². The minimum absolute atomic E-state index is 0.0655. The summed E-state index contributed by atoms with van der Waals surface area (Å²) in [6.45, 7) is 1.59. The Kier molecular flexibility index (Phi) is 4.58. The summed E-state index contributed by atoms with van der Waals surface area (Å²) in [5.41, 5.74) is 0.802. The van der Waals surface area contributed by atoms with Gasteiger partial charge in [0.15, 0.2) is 6.54 Å². The zero-order valence-electron chi connectivity index (χ0n) is 11.6. The number of rotatable bonds is 4. The molecular formula is C16H18ClN2OS+. The molecule has 1 aliphatic heterocycles. The van der Waals surface area contributed by atoms with E-state index in [0.29, 0.717) is 17.6 Å². The summed E-state index contributed by atoms with van der Waals surface area (Å²) in [5, 5.41) is 5.73. The lowest BCUT2D eigenvalue weighted by molar-refractivity contribution is -0.910. The number of carbonyl (C=O) groups excluding carboxylic acids is 1. The molecule has 1 fully saturated rings. The molecule has 1 aliphatic rings. The maximum atomic E-state index is 12.2. The Morgan fingerprint density at radius 3 is 2.86 bits per heavy atom. The van der Waals surface area contributed by atoms with Crippen molar-refractivity contribution < 1.29 is 9.69 Å². The van der Waals surface area contributed by atoms with Gasteiger partial charge in [-0.15, -0.1) is 11.3 Å². The Balaban J connectivity index is 1.60. The third-order valence-corrected chi connectivity index (χ3v) is 5.12. The summed E-state index contributed by atoms with van der Waals surface area (Å²) >= 11 is 7.64. The third-order valence-electron chi connectivity index (χ3n) is 3.89. The van der Waals surface area contributed by atoms with Crippen molar-refractivity contribution in [2.75, 3.05) is 18.4 Å². The van der Waals surface area contributed by atoms with Gasteiger partial charge in [0.2, 0.25) is 0 Å². The van der Waals surface area contributed by atoms with Gasteiger partial charge in [-0.1, -0.05) is 17.7 Å². The van der Waals surface area contributed by atoms with E-state index in [9.17, 15) is 4.79 Å². The molecule has 2 aromatic rings. The van der Waals surface area contributed by atoms with Crippen molar-refractivity contribution in [2.24, 2.45) is 0 Å². The number of carbonyl (C=O) groups is 1. The second-order valence-electron chi connectivity index (χ2n) is 5.35. The Bertz CT molecular complexity index is 597. The van der Waals surface area contributed by atoms with Crippen molar-refractivity contribution in [3.05, 3.63) is 51.7 Å². The van der Waals surface area contributed by atoms with Crippen LogP contribution >= 0.6 is 22.9 Å². The summed E-state index contributed by atoms with van der Waals surface area (Å²) in [4.78, 5) is 15.0. The second-order valence-corrected chi connectivity index (χ2v) is 6.77. The first-order valence-corrected chi connectivity index (χ1v) is 8.41. The Hall–Kier alpha value is -1.36. The SMILES string of the molecule is O=C(C[NH+]1CCC[C@@H]1c1cccs1)Nc1ccc(Cl)cc1. The summed E-state index contributed by atoms with van der Waals surface area (Å²) in [6.07, 6.45) is 2.36. The number of likely N-dealkylation sites (tertiary alicyclic amines) is 1. The van der Waals surface area contributed by atoms with Gasteiger partial charge in [-0.05, 0) is 35.7 Å². The lowest BCUT2D eigenvalue weighted by atomic mass is 10.2. The molecule has 0 aliphatic carbocycles. The summed E-state index contributed by atoms with van der Waals surface area (Å²) in [7, 11) is 0. The number of amides is 1. The maximum Gasteiger partial charge on any atom is 0.279 e. The molecule has 110 valence electrons. The van der Waals surface area contributed by atoms with Crippen molar-refractivity contribution in [3.63, 3.8) is 0 Å². The number of anilines is 1. The largest absolute Gasteiger partial charge is 0.321 e. The van der Waals surface area contributed by atoms with Crippen LogP contribution in [0.5, 0.6) is 0 Å². The molecule has 3 nitrogen and oxygen atoms in total. The number of thiophene rings is 1. The average Bonchev–Trinajstić information content (AvgIpc) is 3.11. The quantitative estimate of drug-likeness (QED) is 0.892. The van der Waals surface area contributed by atoms with Gasteiger partial charge in [-0.25, -0.2) is 0 Å². The molecule has 1 saturated heterocycles. The van der Waals surface area contributed by atoms with Gasteiger partial charge in [0.25, 0.3) is 5.91 Å². The van der Waals surface area contributed by atoms with Crippen LogP contribution in [-0.2, 0) is 4.79 Å². The molecule has 3 rings (SSSR count). The maximum absolute atomic E-state index is 12.2. The average molecular weight is 322 g/mol. The fourth-order valence-corrected chi connectivity index (χ4v) is 3.95. The number of hydrogen-bond donors (Lipinski definition) is 2. The Morgan fingerprint density at radius 2 is 2.14 bits per heavy atom. The van der Waals surface area contributed by atoms with Crippen molar-refractivity contribution in [3.8, 4) is 0 Å². The predicted octanol–water partition coefficient (Wildman–Crippen LogP) is 2.76. The molecule has 1 aromatic heterocycles. The molecule has 1 unspecified atom stereocenters.